The molecule has 0 aliphatic heterocycles. The lowest BCUT2D eigenvalue weighted by molar-refractivity contribution is 0.0697. The second-order valence-electron chi connectivity index (χ2n) is 4.97. The number of carboxylic acid groups (broad SMARTS) is 1. The molecule has 1 N–H and O–H groups in total. The van der Waals surface area contributed by atoms with Crippen molar-refractivity contribution in [2.75, 3.05) is 0 Å². The summed E-state index contributed by atoms with van der Waals surface area (Å²) in [5.74, 6) is -1.58. The van der Waals surface area contributed by atoms with Gasteiger partial charge in [0.25, 0.3) is 0 Å². The van der Waals surface area contributed by atoms with E-state index in [9.17, 15) is 14.4 Å². The minimum atomic E-state index is -1.30. The quantitative estimate of drug-likeness (QED) is 0.832. The van der Waals surface area contributed by atoms with Gasteiger partial charge in [0.15, 0.2) is 0 Å². The smallest absolute Gasteiger partial charge is 0.348 e. The normalized spacial score (nSPS) is 10.6. The number of rotatable bonds is 6. The minimum Gasteiger partial charge on any atom is -0.489 e. The summed E-state index contributed by atoms with van der Waals surface area (Å²) in [5.41, 5.74) is 0.940. The molecule has 0 radical (unpaired) electrons. The number of carboxylic acids is 1. The molecule has 0 bridgehead atoms. The van der Waals surface area contributed by atoms with Crippen LogP contribution < -0.4 is 4.74 Å². The van der Waals surface area contributed by atoms with Gasteiger partial charge < -0.3 is 9.84 Å². The molecule has 120 valence electrons. The number of thiophene rings is 1. The van der Waals surface area contributed by atoms with Crippen molar-refractivity contribution in [1.29, 1.82) is 5.26 Å². The molecule has 0 fully saturated rings. The van der Waals surface area contributed by atoms with E-state index < -0.39 is 11.8 Å². The molecule has 1 aromatic heterocycles. The van der Waals surface area contributed by atoms with Crippen LogP contribution in [0.25, 0.3) is 10.4 Å². The number of halogens is 1. The largest absolute Gasteiger partial charge is 0.489 e. The van der Waals surface area contributed by atoms with Gasteiger partial charge in [-0.05, 0) is 42.7 Å². The van der Waals surface area contributed by atoms with Gasteiger partial charge in [-0.25, -0.2) is 9.18 Å². The van der Waals surface area contributed by atoms with Crippen molar-refractivity contribution in [3.05, 3.63) is 40.5 Å². The standard InChI is InChI=1S/C17H16FNO3S/c1-3-12(4-2)22-14-6-5-10(7-11(14)9-19)15-8-13(18)16(23-15)17(20)21/h5-8,12H,3-4H2,1-2H3,(H,20,21). The molecule has 0 amide bonds. The van der Waals surface area contributed by atoms with Crippen molar-refractivity contribution in [3.8, 4) is 22.3 Å². The van der Waals surface area contributed by atoms with Gasteiger partial charge in [0, 0.05) is 4.88 Å². The summed E-state index contributed by atoms with van der Waals surface area (Å²) < 4.78 is 19.4. The Morgan fingerprint density at radius 1 is 1.39 bits per heavy atom. The van der Waals surface area contributed by atoms with E-state index in [4.69, 9.17) is 9.84 Å². The first-order valence-corrected chi connectivity index (χ1v) is 8.05. The molecule has 6 heteroatoms. The molecule has 0 aliphatic rings. The zero-order valence-corrected chi connectivity index (χ0v) is 13.6. The summed E-state index contributed by atoms with van der Waals surface area (Å²) in [6.45, 7) is 4.02. The maximum atomic E-state index is 13.6. The number of benzene rings is 1. The Bertz CT molecular complexity index is 760. The molecule has 2 aromatic rings. The van der Waals surface area contributed by atoms with Gasteiger partial charge in [0.2, 0.25) is 0 Å². The topological polar surface area (TPSA) is 70.3 Å². The van der Waals surface area contributed by atoms with Crippen LogP contribution in [-0.2, 0) is 0 Å². The van der Waals surface area contributed by atoms with E-state index in [0.717, 1.165) is 24.2 Å². The molecule has 23 heavy (non-hydrogen) atoms. The molecule has 0 unspecified atom stereocenters. The Morgan fingerprint density at radius 3 is 2.61 bits per heavy atom. The number of nitriles is 1. The molecule has 0 saturated carbocycles. The van der Waals surface area contributed by atoms with Crippen molar-refractivity contribution >= 4 is 17.3 Å². The summed E-state index contributed by atoms with van der Waals surface area (Å²) >= 11 is 0.844. The Labute approximate surface area is 137 Å². The zero-order valence-electron chi connectivity index (χ0n) is 12.8. The number of nitrogens with zero attached hydrogens (tertiary/aromatic N) is 1. The molecule has 0 saturated heterocycles. The van der Waals surface area contributed by atoms with Crippen LogP contribution in [0.5, 0.6) is 5.75 Å². The Morgan fingerprint density at radius 2 is 2.09 bits per heavy atom. The molecular formula is C17H16FNO3S. The zero-order chi connectivity index (χ0) is 17.0. The van der Waals surface area contributed by atoms with E-state index in [-0.39, 0.29) is 11.0 Å². The third kappa shape index (κ3) is 3.69. The highest BCUT2D eigenvalue weighted by Gasteiger charge is 2.17. The van der Waals surface area contributed by atoms with Crippen LogP contribution in [0, 0.1) is 17.1 Å². The Kier molecular flexibility index (Phi) is 5.35. The van der Waals surface area contributed by atoms with Gasteiger partial charge >= 0.3 is 5.97 Å². The van der Waals surface area contributed by atoms with Crippen molar-refractivity contribution in [3.63, 3.8) is 0 Å². The maximum absolute atomic E-state index is 13.6. The van der Waals surface area contributed by atoms with Crippen molar-refractivity contribution in [1.82, 2.24) is 0 Å². The molecule has 1 aromatic carbocycles. The number of hydrogen-bond acceptors (Lipinski definition) is 4. The summed E-state index contributed by atoms with van der Waals surface area (Å²) in [6, 6.07) is 8.21. The average molecular weight is 333 g/mol. The molecule has 4 nitrogen and oxygen atoms in total. The fourth-order valence-corrected chi connectivity index (χ4v) is 3.04. The third-order valence-electron chi connectivity index (χ3n) is 3.47. The van der Waals surface area contributed by atoms with Crippen molar-refractivity contribution in [2.45, 2.75) is 32.8 Å². The average Bonchev–Trinajstić information content (AvgIpc) is 2.94. The SMILES string of the molecule is CCC(CC)Oc1ccc(-c2cc(F)c(C(=O)O)s2)cc1C#N. The fourth-order valence-electron chi connectivity index (χ4n) is 2.17. The van der Waals surface area contributed by atoms with Crippen LogP contribution in [0.1, 0.15) is 41.9 Å². The van der Waals surface area contributed by atoms with Crippen LogP contribution >= 0.6 is 11.3 Å². The maximum Gasteiger partial charge on any atom is 0.348 e. The number of hydrogen-bond donors (Lipinski definition) is 1. The van der Waals surface area contributed by atoms with E-state index in [1.54, 1.807) is 18.2 Å². The molecule has 0 aliphatic carbocycles. The Balaban J connectivity index is 2.37. The van der Waals surface area contributed by atoms with Gasteiger partial charge in [-0.3, -0.25) is 0 Å². The highest BCUT2D eigenvalue weighted by molar-refractivity contribution is 7.17. The van der Waals surface area contributed by atoms with E-state index in [0.29, 0.717) is 21.8 Å². The second-order valence-corrected chi connectivity index (χ2v) is 6.02. The van der Waals surface area contributed by atoms with Gasteiger partial charge in [0.1, 0.15) is 22.5 Å². The highest BCUT2D eigenvalue weighted by Crippen LogP contribution is 2.33. The van der Waals surface area contributed by atoms with Gasteiger partial charge in [-0.2, -0.15) is 5.26 Å². The first-order chi connectivity index (χ1) is 11.0. The lowest BCUT2D eigenvalue weighted by atomic mass is 10.1. The summed E-state index contributed by atoms with van der Waals surface area (Å²) in [5, 5.41) is 18.2. The molecule has 1 heterocycles. The van der Waals surface area contributed by atoms with Crippen LogP contribution in [0.2, 0.25) is 0 Å². The van der Waals surface area contributed by atoms with Crippen LogP contribution in [0.15, 0.2) is 24.3 Å². The predicted octanol–water partition coefficient (Wildman–Crippen LogP) is 4.69. The lowest BCUT2D eigenvalue weighted by Gasteiger charge is -2.16. The highest BCUT2D eigenvalue weighted by atomic mass is 32.1. The van der Waals surface area contributed by atoms with E-state index in [1.807, 2.05) is 13.8 Å². The van der Waals surface area contributed by atoms with E-state index >= 15 is 0 Å². The minimum absolute atomic E-state index is 0.0331. The number of carbonyl (C=O) groups is 1. The van der Waals surface area contributed by atoms with Crippen LogP contribution in [0.3, 0.4) is 0 Å². The molecule has 0 atom stereocenters. The third-order valence-corrected chi connectivity index (χ3v) is 4.62. The van der Waals surface area contributed by atoms with Crippen LogP contribution in [0.4, 0.5) is 4.39 Å². The molecule has 0 spiro atoms. The van der Waals surface area contributed by atoms with Crippen LogP contribution in [-0.4, -0.2) is 17.2 Å². The van der Waals surface area contributed by atoms with Gasteiger partial charge in [-0.1, -0.05) is 13.8 Å². The Hall–Kier alpha value is -2.39. The summed E-state index contributed by atoms with van der Waals surface area (Å²) in [7, 11) is 0. The van der Waals surface area contributed by atoms with E-state index in [1.165, 1.54) is 6.07 Å². The summed E-state index contributed by atoms with van der Waals surface area (Å²) in [4.78, 5) is 11.1. The summed E-state index contributed by atoms with van der Waals surface area (Å²) in [6.07, 6.45) is 1.70. The van der Waals surface area contributed by atoms with E-state index in [2.05, 4.69) is 6.07 Å². The van der Waals surface area contributed by atoms with Crippen molar-refractivity contribution in [2.24, 2.45) is 0 Å². The molecular weight excluding hydrogens is 317 g/mol. The van der Waals surface area contributed by atoms with Gasteiger partial charge in [0.05, 0.1) is 11.7 Å². The monoisotopic (exact) mass is 333 g/mol. The first kappa shape index (κ1) is 17.0. The molecule has 2 rings (SSSR count). The predicted molar refractivity (Wildman–Crippen MR) is 86.4 cm³/mol. The van der Waals surface area contributed by atoms with Gasteiger partial charge in [-0.15, -0.1) is 11.3 Å². The second kappa shape index (κ2) is 7.25. The first-order valence-electron chi connectivity index (χ1n) is 7.23. The number of ether oxygens (including phenoxy) is 1. The van der Waals surface area contributed by atoms with Crippen molar-refractivity contribution < 1.29 is 19.0 Å². The number of aromatic carboxylic acids is 1. The lowest BCUT2D eigenvalue weighted by Crippen LogP contribution is -2.14. The fraction of sp³-hybridized carbons (Fsp3) is 0.294.